The molecule has 21 heavy (non-hydrogen) atoms. The lowest BCUT2D eigenvalue weighted by Gasteiger charge is -2.18. The second-order valence-corrected chi connectivity index (χ2v) is 6.86. The number of halogens is 2. The highest BCUT2D eigenvalue weighted by Crippen LogP contribution is 2.28. The number of likely N-dealkylation sites (N-methyl/N-ethyl adjacent to an activating group) is 1. The molecule has 1 atom stereocenters. The zero-order valence-corrected chi connectivity index (χ0v) is 16.0. The van der Waals surface area contributed by atoms with Crippen molar-refractivity contribution in [3.63, 3.8) is 0 Å². The molecular formula is C16H21Br2N3. The highest BCUT2D eigenvalue weighted by atomic mass is 79.9. The molecule has 0 amide bonds. The van der Waals surface area contributed by atoms with E-state index in [1.807, 2.05) is 14.0 Å². The third kappa shape index (κ3) is 3.58. The van der Waals surface area contributed by atoms with Crippen LogP contribution in [0.1, 0.15) is 35.5 Å². The lowest BCUT2D eigenvalue weighted by Crippen LogP contribution is -2.21. The van der Waals surface area contributed by atoms with Crippen molar-refractivity contribution in [2.45, 2.75) is 39.8 Å². The van der Waals surface area contributed by atoms with Gasteiger partial charge < -0.3 is 5.32 Å². The van der Waals surface area contributed by atoms with E-state index >= 15 is 0 Å². The van der Waals surface area contributed by atoms with Gasteiger partial charge in [-0.2, -0.15) is 5.10 Å². The Hall–Kier alpha value is -0.650. The molecule has 5 heteroatoms. The van der Waals surface area contributed by atoms with E-state index in [1.165, 1.54) is 16.8 Å². The third-order valence-corrected chi connectivity index (χ3v) is 5.68. The lowest BCUT2D eigenvalue weighted by molar-refractivity contribution is 0.539. The van der Waals surface area contributed by atoms with Crippen molar-refractivity contribution in [1.82, 2.24) is 15.1 Å². The minimum absolute atomic E-state index is 0.264. The van der Waals surface area contributed by atoms with Crippen molar-refractivity contribution in [3.05, 3.63) is 49.7 Å². The summed E-state index contributed by atoms with van der Waals surface area (Å²) < 4.78 is 4.35. The zero-order chi connectivity index (χ0) is 15.6. The topological polar surface area (TPSA) is 29.9 Å². The summed E-state index contributed by atoms with van der Waals surface area (Å²) in [5.41, 5.74) is 4.82. The van der Waals surface area contributed by atoms with Gasteiger partial charge in [-0.15, -0.1) is 0 Å². The summed E-state index contributed by atoms with van der Waals surface area (Å²) in [5.74, 6) is 0. The van der Waals surface area contributed by atoms with Crippen molar-refractivity contribution < 1.29 is 0 Å². The second-order valence-electron chi connectivity index (χ2n) is 5.22. The summed E-state index contributed by atoms with van der Waals surface area (Å²) in [6.07, 6.45) is 0.904. The number of hydrogen-bond donors (Lipinski definition) is 1. The van der Waals surface area contributed by atoms with Gasteiger partial charge in [0.2, 0.25) is 0 Å². The van der Waals surface area contributed by atoms with E-state index in [4.69, 9.17) is 0 Å². The molecule has 0 radical (unpaired) electrons. The third-order valence-electron chi connectivity index (χ3n) is 3.80. The first-order valence-electron chi connectivity index (χ1n) is 7.13. The normalized spacial score (nSPS) is 12.7. The van der Waals surface area contributed by atoms with Gasteiger partial charge in [0.25, 0.3) is 0 Å². The molecule has 0 spiro atoms. The maximum Gasteiger partial charge on any atom is 0.0738 e. The molecule has 1 heterocycles. The van der Waals surface area contributed by atoms with E-state index in [-0.39, 0.29) is 6.04 Å². The average Bonchev–Trinajstić information content (AvgIpc) is 2.75. The van der Waals surface area contributed by atoms with Crippen molar-refractivity contribution in [3.8, 4) is 0 Å². The van der Waals surface area contributed by atoms with Gasteiger partial charge in [0.1, 0.15) is 0 Å². The molecule has 1 aromatic heterocycles. The average molecular weight is 415 g/mol. The van der Waals surface area contributed by atoms with Gasteiger partial charge in [-0.25, -0.2) is 0 Å². The first-order valence-corrected chi connectivity index (χ1v) is 8.71. The molecule has 0 saturated carbocycles. The highest BCUT2D eigenvalue weighted by Gasteiger charge is 2.18. The largest absolute Gasteiger partial charge is 0.313 e. The fourth-order valence-electron chi connectivity index (χ4n) is 2.47. The Morgan fingerprint density at radius 1 is 1.29 bits per heavy atom. The van der Waals surface area contributed by atoms with Gasteiger partial charge in [-0.05, 0) is 60.9 Å². The maximum atomic E-state index is 4.57. The Morgan fingerprint density at radius 3 is 2.57 bits per heavy atom. The van der Waals surface area contributed by atoms with Gasteiger partial charge in [0, 0.05) is 23.5 Å². The minimum Gasteiger partial charge on any atom is -0.313 e. The smallest absolute Gasteiger partial charge is 0.0738 e. The number of nitrogens with zero attached hydrogens (tertiary/aromatic N) is 2. The Morgan fingerprint density at radius 2 is 2.00 bits per heavy atom. The van der Waals surface area contributed by atoms with Gasteiger partial charge in [0.15, 0.2) is 0 Å². The van der Waals surface area contributed by atoms with Gasteiger partial charge in [-0.3, -0.25) is 4.68 Å². The van der Waals surface area contributed by atoms with Crippen molar-refractivity contribution in [1.29, 1.82) is 0 Å². The summed E-state index contributed by atoms with van der Waals surface area (Å²) in [5, 5.41) is 7.99. The fraction of sp³-hybridized carbons (Fsp3) is 0.438. The van der Waals surface area contributed by atoms with Crippen LogP contribution in [0.2, 0.25) is 0 Å². The Balaban J connectivity index is 2.33. The number of benzene rings is 1. The van der Waals surface area contributed by atoms with Crippen LogP contribution < -0.4 is 5.32 Å². The Labute approximate surface area is 143 Å². The molecule has 3 nitrogen and oxygen atoms in total. The second kappa shape index (κ2) is 7.07. The fourth-order valence-corrected chi connectivity index (χ4v) is 3.31. The van der Waals surface area contributed by atoms with Crippen LogP contribution in [-0.4, -0.2) is 16.8 Å². The standard InChI is InChI=1S/C16H21Br2N3/c1-5-21-15(16(18)11(3)20-21)9-14(19-4)12-7-6-10(2)13(17)8-12/h6-8,14,19H,5,9H2,1-4H3. The van der Waals surface area contributed by atoms with E-state index in [2.05, 4.69) is 79.0 Å². The van der Waals surface area contributed by atoms with E-state index in [0.717, 1.165) is 27.6 Å². The Bertz CT molecular complexity index is 635. The predicted molar refractivity (Wildman–Crippen MR) is 94.7 cm³/mol. The van der Waals surface area contributed by atoms with E-state index in [9.17, 15) is 0 Å². The maximum absolute atomic E-state index is 4.57. The summed E-state index contributed by atoms with van der Waals surface area (Å²) in [4.78, 5) is 0. The molecule has 0 aliphatic rings. The molecular weight excluding hydrogens is 394 g/mol. The van der Waals surface area contributed by atoms with Crippen LogP contribution in [0.3, 0.4) is 0 Å². The number of hydrogen-bond acceptors (Lipinski definition) is 2. The number of aryl methyl sites for hydroxylation is 3. The van der Waals surface area contributed by atoms with Gasteiger partial charge in [-0.1, -0.05) is 28.1 Å². The number of nitrogens with one attached hydrogen (secondary N) is 1. The van der Waals surface area contributed by atoms with E-state index < -0.39 is 0 Å². The summed E-state index contributed by atoms with van der Waals surface area (Å²) in [7, 11) is 2.01. The van der Waals surface area contributed by atoms with Gasteiger partial charge >= 0.3 is 0 Å². The van der Waals surface area contributed by atoms with Crippen LogP contribution in [0.15, 0.2) is 27.1 Å². The van der Waals surface area contributed by atoms with Crippen LogP contribution in [0.25, 0.3) is 0 Å². The zero-order valence-electron chi connectivity index (χ0n) is 12.9. The van der Waals surface area contributed by atoms with Crippen LogP contribution in [0, 0.1) is 13.8 Å². The van der Waals surface area contributed by atoms with Crippen LogP contribution in [0.5, 0.6) is 0 Å². The summed E-state index contributed by atoms with van der Waals surface area (Å²) in [6, 6.07) is 6.80. The molecule has 0 bridgehead atoms. The molecule has 1 aromatic carbocycles. The molecule has 0 fully saturated rings. The van der Waals surface area contributed by atoms with Crippen LogP contribution >= 0.6 is 31.9 Å². The molecule has 0 aliphatic carbocycles. The van der Waals surface area contributed by atoms with Gasteiger partial charge in [0.05, 0.1) is 15.9 Å². The first-order chi connectivity index (χ1) is 9.97. The summed E-state index contributed by atoms with van der Waals surface area (Å²) in [6.45, 7) is 7.15. The monoisotopic (exact) mass is 413 g/mol. The van der Waals surface area contributed by atoms with Crippen LogP contribution in [0.4, 0.5) is 0 Å². The molecule has 1 N–H and O–H groups in total. The molecule has 0 saturated heterocycles. The SMILES string of the molecule is CCn1nc(C)c(Br)c1CC(NC)c1ccc(C)c(Br)c1. The molecule has 0 aliphatic heterocycles. The molecule has 2 rings (SSSR count). The minimum atomic E-state index is 0.264. The molecule has 114 valence electrons. The van der Waals surface area contributed by atoms with Crippen LogP contribution in [-0.2, 0) is 13.0 Å². The number of aromatic nitrogens is 2. The quantitative estimate of drug-likeness (QED) is 0.777. The molecule has 2 aromatic rings. The first kappa shape index (κ1) is 16.7. The summed E-state index contributed by atoms with van der Waals surface area (Å²) >= 11 is 7.30. The molecule has 1 unspecified atom stereocenters. The van der Waals surface area contributed by atoms with Crippen molar-refractivity contribution in [2.24, 2.45) is 0 Å². The lowest BCUT2D eigenvalue weighted by atomic mass is 10.0. The van der Waals surface area contributed by atoms with E-state index in [1.54, 1.807) is 0 Å². The van der Waals surface area contributed by atoms with Crippen molar-refractivity contribution in [2.75, 3.05) is 7.05 Å². The predicted octanol–water partition coefficient (Wildman–Crippen LogP) is 4.55. The van der Waals surface area contributed by atoms with E-state index in [0.29, 0.717) is 0 Å². The highest BCUT2D eigenvalue weighted by molar-refractivity contribution is 9.10. The Kier molecular flexibility index (Phi) is 5.63. The van der Waals surface area contributed by atoms with Crippen molar-refractivity contribution >= 4 is 31.9 Å². The number of rotatable bonds is 5.